The first-order chi connectivity index (χ1) is 8.97. The van der Waals surface area contributed by atoms with E-state index in [4.69, 9.17) is 5.73 Å². The SMILES string of the molecule is Cc1cc(CN)cc(N(C)CC2(N(C)C)CCC2)n1. The van der Waals surface area contributed by atoms with E-state index in [0.717, 1.165) is 23.6 Å². The number of aromatic nitrogens is 1. The molecule has 19 heavy (non-hydrogen) atoms. The van der Waals surface area contributed by atoms with E-state index in [1.807, 2.05) is 6.92 Å². The molecule has 4 heteroatoms. The Kier molecular flexibility index (Phi) is 4.11. The van der Waals surface area contributed by atoms with Crippen molar-refractivity contribution in [2.45, 2.75) is 38.3 Å². The average Bonchev–Trinajstić information content (AvgIpc) is 2.32. The van der Waals surface area contributed by atoms with E-state index >= 15 is 0 Å². The molecule has 0 saturated heterocycles. The van der Waals surface area contributed by atoms with Gasteiger partial charge < -0.3 is 15.5 Å². The van der Waals surface area contributed by atoms with E-state index in [1.165, 1.54) is 19.3 Å². The van der Waals surface area contributed by atoms with Gasteiger partial charge in [0, 0.05) is 31.4 Å². The molecule has 0 bridgehead atoms. The number of anilines is 1. The first-order valence-electron chi connectivity index (χ1n) is 7.03. The van der Waals surface area contributed by atoms with Crippen LogP contribution in [0.15, 0.2) is 12.1 Å². The van der Waals surface area contributed by atoms with Crippen LogP contribution in [0.5, 0.6) is 0 Å². The van der Waals surface area contributed by atoms with Gasteiger partial charge >= 0.3 is 0 Å². The largest absolute Gasteiger partial charge is 0.358 e. The minimum absolute atomic E-state index is 0.322. The van der Waals surface area contributed by atoms with Crippen molar-refractivity contribution in [3.8, 4) is 0 Å². The molecule has 1 aromatic heterocycles. The zero-order valence-electron chi connectivity index (χ0n) is 12.6. The Balaban J connectivity index is 2.15. The summed E-state index contributed by atoms with van der Waals surface area (Å²) in [4.78, 5) is 9.27. The zero-order valence-corrected chi connectivity index (χ0v) is 12.6. The van der Waals surface area contributed by atoms with Gasteiger partial charge in [0.1, 0.15) is 5.82 Å². The van der Waals surface area contributed by atoms with Gasteiger partial charge in [-0.2, -0.15) is 0 Å². The standard InChI is InChI=1S/C15H26N4/c1-12-8-13(10-16)9-14(17-12)19(4)11-15(18(2)3)6-5-7-15/h8-9H,5-7,10-11,16H2,1-4H3. The molecule has 1 aliphatic carbocycles. The molecule has 106 valence electrons. The van der Waals surface area contributed by atoms with E-state index in [2.05, 4.69) is 48.1 Å². The van der Waals surface area contributed by atoms with Crippen LogP contribution in [0.2, 0.25) is 0 Å². The fraction of sp³-hybridized carbons (Fsp3) is 0.667. The third-order valence-electron chi connectivity index (χ3n) is 4.39. The molecule has 1 aromatic rings. The third-order valence-corrected chi connectivity index (χ3v) is 4.39. The summed E-state index contributed by atoms with van der Waals surface area (Å²) in [6.07, 6.45) is 3.89. The predicted molar refractivity (Wildman–Crippen MR) is 80.4 cm³/mol. The summed E-state index contributed by atoms with van der Waals surface area (Å²) in [6.45, 7) is 3.63. The molecule has 0 spiro atoms. The van der Waals surface area contributed by atoms with Gasteiger partial charge in [-0.1, -0.05) is 0 Å². The maximum absolute atomic E-state index is 5.75. The number of hydrogen-bond acceptors (Lipinski definition) is 4. The van der Waals surface area contributed by atoms with E-state index in [1.54, 1.807) is 0 Å². The number of pyridine rings is 1. The predicted octanol–water partition coefficient (Wildman–Crippen LogP) is 1.77. The zero-order chi connectivity index (χ0) is 14.0. The van der Waals surface area contributed by atoms with E-state index in [0.29, 0.717) is 12.1 Å². The van der Waals surface area contributed by atoms with Crippen molar-refractivity contribution >= 4 is 5.82 Å². The molecule has 2 N–H and O–H groups in total. The maximum Gasteiger partial charge on any atom is 0.128 e. The Morgan fingerprint density at radius 1 is 1.26 bits per heavy atom. The monoisotopic (exact) mass is 262 g/mol. The number of aryl methyl sites for hydroxylation is 1. The second kappa shape index (κ2) is 5.47. The molecule has 1 fully saturated rings. The molecule has 2 rings (SSSR count). The Labute approximate surface area is 116 Å². The van der Waals surface area contributed by atoms with Crippen molar-refractivity contribution in [2.75, 3.05) is 32.6 Å². The maximum atomic E-state index is 5.75. The summed E-state index contributed by atoms with van der Waals surface area (Å²) in [5.41, 5.74) is 8.26. The number of nitrogens with zero attached hydrogens (tertiary/aromatic N) is 3. The molecule has 0 unspecified atom stereocenters. The normalized spacial score (nSPS) is 17.4. The Bertz CT molecular complexity index is 438. The fourth-order valence-corrected chi connectivity index (χ4v) is 2.89. The summed E-state index contributed by atoms with van der Waals surface area (Å²) in [5.74, 6) is 1.04. The summed E-state index contributed by atoms with van der Waals surface area (Å²) in [6, 6.07) is 4.16. The molecule has 1 heterocycles. The topological polar surface area (TPSA) is 45.4 Å². The van der Waals surface area contributed by atoms with Crippen LogP contribution in [0.1, 0.15) is 30.5 Å². The smallest absolute Gasteiger partial charge is 0.128 e. The lowest BCUT2D eigenvalue weighted by atomic mass is 9.75. The highest BCUT2D eigenvalue weighted by atomic mass is 15.2. The first kappa shape index (κ1) is 14.3. The molecule has 0 aromatic carbocycles. The highest BCUT2D eigenvalue weighted by molar-refractivity contribution is 5.42. The van der Waals surface area contributed by atoms with Gasteiger partial charge in [-0.05, 0) is 58.0 Å². The lowest BCUT2D eigenvalue weighted by Gasteiger charge is -2.49. The molecule has 4 nitrogen and oxygen atoms in total. The Morgan fingerprint density at radius 2 is 1.95 bits per heavy atom. The number of likely N-dealkylation sites (N-methyl/N-ethyl adjacent to an activating group) is 2. The summed E-state index contributed by atoms with van der Waals surface area (Å²) in [5, 5.41) is 0. The van der Waals surface area contributed by atoms with Crippen molar-refractivity contribution in [3.05, 3.63) is 23.4 Å². The lowest BCUT2D eigenvalue weighted by molar-refractivity contribution is 0.0682. The van der Waals surface area contributed by atoms with Gasteiger partial charge in [0.05, 0.1) is 0 Å². The van der Waals surface area contributed by atoms with Crippen LogP contribution in [0.25, 0.3) is 0 Å². The first-order valence-corrected chi connectivity index (χ1v) is 7.03. The molecule has 0 aliphatic heterocycles. The second-order valence-corrected chi connectivity index (χ2v) is 6.01. The Morgan fingerprint density at radius 3 is 2.42 bits per heavy atom. The number of nitrogens with two attached hydrogens (primary N) is 1. The molecular formula is C15H26N4. The average molecular weight is 262 g/mol. The molecule has 0 amide bonds. The fourth-order valence-electron chi connectivity index (χ4n) is 2.89. The van der Waals surface area contributed by atoms with Gasteiger partial charge in [-0.25, -0.2) is 4.98 Å². The van der Waals surface area contributed by atoms with Crippen LogP contribution in [-0.4, -0.2) is 43.1 Å². The van der Waals surface area contributed by atoms with Crippen LogP contribution < -0.4 is 10.6 Å². The molecule has 0 atom stereocenters. The van der Waals surface area contributed by atoms with Crippen LogP contribution in [-0.2, 0) is 6.54 Å². The number of hydrogen-bond donors (Lipinski definition) is 1. The summed E-state index contributed by atoms with van der Waals surface area (Å²) in [7, 11) is 6.50. The van der Waals surface area contributed by atoms with Gasteiger partial charge in [0.2, 0.25) is 0 Å². The van der Waals surface area contributed by atoms with E-state index < -0.39 is 0 Å². The van der Waals surface area contributed by atoms with Crippen molar-refractivity contribution in [3.63, 3.8) is 0 Å². The molecule has 1 aliphatic rings. The summed E-state index contributed by atoms with van der Waals surface area (Å²) < 4.78 is 0. The highest BCUT2D eigenvalue weighted by Gasteiger charge is 2.40. The highest BCUT2D eigenvalue weighted by Crippen LogP contribution is 2.37. The van der Waals surface area contributed by atoms with Gasteiger partial charge in [0.15, 0.2) is 0 Å². The van der Waals surface area contributed by atoms with Crippen molar-refractivity contribution in [1.29, 1.82) is 0 Å². The minimum atomic E-state index is 0.322. The van der Waals surface area contributed by atoms with Crippen LogP contribution in [0.4, 0.5) is 5.82 Å². The van der Waals surface area contributed by atoms with Crippen LogP contribution in [0.3, 0.4) is 0 Å². The van der Waals surface area contributed by atoms with Gasteiger partial charge in [-0.15, -0.1) is 0 Å². The third kappa shape index (κ3) is 2.90. The second-order valence-electron chi connectivity index (χ2n) is 6.01. The van der Waals surface area contributed by atoms with Crippen molar-refractivity contribution < 1.29 is 0 Å². The molecular weight excluding hydrogens is 236 g/mol. The van der Waals surface area contributed by atoms with E-state index in [9.17, 15) is 0 Å². The van der Waals surface area contributed by atoms with Gasteiger partial charge in [0.25, 0.3) is 0 Å². The lowest BCUT2D eigenvalue weighted by Crippen LogP contribution is -2.56. The van der Waals surface area contributed by atoms with Crippen LogP contribution >= 0.6 is 0 Å². The minimum Gasteiger partial charge on any atom is -0.358 e. The van der Waals surface area contributed by atoms with Crippen LogP contribution in [0, 0.1) is 6.92 Å². The Hall–Kier alpha value is -1.13. The van der Waals surface area contributed by atoms with E-state index in [-0.39, 0.29) is 0 Å². The quantitative estimate of drug-likeness (QED) is 0.878. The number of rotatable bonds is 5. The van der Waals surface area contributed by atoms with Crippen molar-refractivity contribution in [1.82, 2.24) is 9.88 Å². The summed E-state index contributed by atoms with van der Waals surface area (Å²) >= 11 is 0. The van der Waals surface area contributed by atoms with Crippen molar-refractivity contribution in [2.24, 2.45) is 5.73 Å². The van der Waals surface area contributed by atoms with Gasteiger partial charge in [-0.3, -0.25) is 0 Å². The molecule has 0 radical (unpaired) electrons. The molecule has 1 saturated carbocycles.